The third-order valence-electron chi connectivity index (χ3n) is 7.19. The molecule has 0 spiro atoms. The number of furan rings is 1. The Kier molecular flexibility index (Phi) is 12.5. The molecule has 3 N–H and O–H groups in total. The first-order valence-electron chi connectivity index (χ1n) is 15.3. The fourth-order valence-electron chi connectivity index (χ4n) is 4.89. The Balaban J connectivity index is 1.37. The molecule has 0 amide bonds. The zero-order valence-corrected chi connectivity index (χ0v) is 27.2. The molecule has 0 aliphatic heterocycles. The quantitative estimate of drug-likeness (QED) is 0.0349. The summed E-state index contributed by atoms with van der Waals surface area (Å²) >= 11 is 1.32. The van der Waals surface area contributed by atoms with Gasteiger partial charge in [-0.1, -0.05) is 37.6 Å². The maximum Gasteiger partial charge on any atom is 0.513 e. The number of phenolic OH excluding ortho intramolecular Hbond substituents is 1. The van der Waals surface area contributed by atoms with Crippen LogP contribution in [0.5, 0.6) is 17.4 Å². The van der Waals surface area contributed by atoms with E-state index in [9.17, 15) is 24.6 Å². The predicted molar refractivity (Wildman–Crippen MR) is 179 cm³/mol. The van der Waals surface area contributed by atoms with Gasteiger partial charge < -0.3 is 33.6 Å². The molecule has 11 heteroatoms. The second kappa shape index (κ2) is 16.7. The summed E-state index contributed by atoms with van der Waals surface area (Å²) in [6.07, 6.45) is 8.93. The standard InChI is InChI=1S/C36H38O10S/c1-4-11-27-29(18-16-25(23(3)37)34(27)39)43-19-10-8-6-5-7-9-12-32(35(40)30-17-13-22(2)44-30)47-24-14-15-26-28(38)21-33(46-36(41)42)45-31(26)20-24/h5,7,9,12-18,20-21,32,35,39-40H,4,6,8,10-11,19H2,1-3H3,(H,41,42)/b7-5-,12-9+/t32-,35+/m0/s1. The van der Waals surface area contributed by atoms with Crippen molar-refractivity contribution in [2.45, 2.75) is 69.1 Å². The number of benzene rings is 2. The zero-order valence-electron chi connectivity index (χ0n) is 26.4. The number of rotatable bonds is 16. The average Bonchev–Trinajstić information content (AvgIpc) is 3.46. The second-order valence-electron chi connectivity index (χ2n) is 10.8. The highest BCUT2D eigenvalue weighted by Gasteiger charge is 2.23. The Morgan fingerprint density at radius 1 is 1.04 bits per heavy atom. The number of carbonyl (C=O) groups is 2. The highest BCUT2D eigenvalue weighted by molar-refractivity contribution is 8.00. The molecule has 0 unspecified atom stereocenters. The monoisotopic (exact) mass is 662 g/mol. The van der Waals surface area contributed by atoms with E-state index in [-0.39, 0.29) is 22.5 Å². The van der Waals surface area contributed by atoms with Gasteiger partial charge in [0.1, 0.15) is 34.7 Å². The van der Waals surface area contributed by atoms with Crippen LogP contribution < -0.4 is 14.9 Å². The van der Waals surface area contributed by atoms with Gasteiger partial charge in [0.25, 0.3) is 5.95 Å². The second-order valence-corrected chi connectivity index (χ2v) is 12.1. The summed E-state index contributed by atoms with van der Waals surface area (Å²) in [7, 11) is 0. The first-order valence-corrected chi connectivity index (χ1v) is 16.2. The number of thioether (sulfide) groups is 1. The summed E-state index contributed by atoms with van der Waals surface area (Å²) in [5.74, 6) is 1.06. The fourth-order valence-corrected chi connectivity index (χ4v) is 5.96. The van der Waals surface area contributed by atoms with Gasteiger partial charge in [0.15, 0.2) is 11.2 Å². The van der Waals surface area contributed by atoms with Crippen molar-refractivity contribution in [2.75, 3.05) is 6.61 Å². The predicted octanol–water partition coefficient (Wildman–Crippen LogP) is 8.17. The van der Waals surface area contributed by atoms with Crippen LogP contribution in [0.4, 0.5) is 4.79 Å². The average molecular weight is 663 g/mol. The fraction of sp³-hybridized carbons (Fsp3) is 0.306. The van der Waals surface area contributed by atoms with Crippen LogP contribution in [0.3, 0.4) is 0 Å². The number of aromatic hydroxyl groups is 1. The van der Waals surface area contributed by atoms with E-state index >= 15 is 0 Å². The number of aliphatic hydroxyl groups excluding tert-OH is 1. The van der Waals surface area contributed by atoms with Gasteiger partial charge in [0, 0.05) is 10.5 Å². The van der Waals surface area contributed by atoms with Crippen molar-refractivity contribution in [1.82, 2.24) is 0 Å². The molecule has 0 bridgehead atoms. The lowest BCUT2D eigenvalue weighted by Crippen LogP contribution is -2.12. The van der Waals surface area contributed by atoms with Gasteiger partial charge >= 0.3 is 6.16 Å². The van der Waals surface area contributed by atoms with Crippen molar-refractivity contribution >= 4 is 34.7 Å². The SMILES string of the molecule is CCCc1c(OCCCC/C=C\C=C\[C@H](Sc2ccc3c(=O)cc(OC(=O)O)oc3c2)[C@H](O)c2ccc(C)o2)ccc(C(C)=O)c1O. The molecule has 10 nitrogen and oxygen atoms in total. The van der Waals surface area contributed by atoms with E-state index in [4.69, 9.17) is 18.7 Å². The van der Waals surface area contributed by atoms with Crippen LogP contribution in [-0.2, 0) is 6.42 Å². The molecule has 0 aliphatic carbocycles. The molecule has 0 fully saturated rings. The van der Waals surface area contributed by atoms with Crippen LogP contribution in [0.2, 0.25) is 0 Å². The summed E-state index contributed by atoms with van der Waals surface area (Å²) in [6.45, 7) is 5.70. The van der Waals surface area contributed by atoms with E-state index in [1.54, 1.807) is 49.4 Å². The maximum absolute atomic E-state index is 12.4. The molecule has 248 valence electrons. The Morgan fingerprint density at radius 3 is 2.55 bits per heavy atom. The molecule has 0 saturated heterocycles. The van der Waals surface area contributed by atoms with Gasteiger partial charge in [-0.05, 0) is 82.0 Å². The molecule has 2 aromatic carbocycles. The van der Waals surface area contributed by atoms with E-state index in [1.807, 2.05) is 31.2 Å². The molecule has 4 rings (SSSR count). The minimum absolute atomic E-state index is 0.00188. The van der Waals surface area contributed by atoms with Crippen molar-refractivity contribution in [1.29, 1.82) is 0 Å². The Labute approximate surface area is 276 Å². The Bertz CT molecular complexity index is 1820. The number of carbonyl (C=O) groups excluding carboxylic acids is 1. The molecule has 2 heterocycles. The van der Waals surface area contributed by atoms with Crippen LogP contribution in [0, 0.1) is 6.92 Å². The molecule has 0 saturated carbocycles. The first-order chi connectivity index (χ1) is 22.6. The lowest BCUT2D eigenvalue weighted by Gasteiger charge is -2.18. The van der Waals surface area contributed by atoms with E-state index in [1.165, 1.54) is 18.7 Å². The van der Waals surface area contributed by atoms with Crippen LogP contribution in [-0.4, -0.2) is 39.1 Å². The number of hydrogen-bond acceptors (Lipinski definition) is 10. The van der Waals surface area contributed by atoms with Gasteiger partial charge in [-0.2, -0.15) is 0 Å². The molecule has 47 heavy (non-hydrogen) atoms. The van der Waals surface area contributed by atoms with Crippen LogP contribution >= 0.6 is 11.8 Å². The van der Waals surface area contributed by atoms with E-state index in [0.29, 0.717) is 46.3 Å². The molecule has 0 aliphatic rings. The number of aliphatic hydroxyl groups is 1. The lowest BCUT2D eigenvalue weighted by molar-refractivity contribution is 0.101. The van der Waals surface area contributed by atoms with Crippen molar-refractivity contribution < 1.29 is 43.2 Å². The van der Waals surface area contributed by atoms with Crippen molar-refractivity contribution in [2.24, 2.45) is 0 Å². The Morgan fingerprint density at radius 2 is 1.85 bits per heavy atom. The molecule has 2 aromatic heterocycles. The van der Waals surface area contributed by atoms with Crippen LogP contribution in [0.15, 0.2) is 91.4 Å². The summed E-state index contributed by atoms with van der Waals surface area (Å²) in [5, 5.41) is 30.4. The summed E-state index contributed by atoms with van der Waals surface area (Å²) in [6, 6.07) is 12.7. The molecule has 4 aromatic rings. The topological polar surface area (TPSA) is 157 Å². The van der Waals surface area contributed by atoms with E-state index in [0.717, 1.165) is 31.7 Å². The summed E-state index contributed by atoms with van der Waals surface area (Å²) in [5.41, 5.74) is 0.677. The third kappa shape index (κ3) is 9.63. The van der Waals surface area contributed by atoms with Gasteiger partial charge in [0.2, 0.25) is 0 Å². The highest BCUT2D eigenvalue weighted by atomic mass is 32.2. The number of phenols is 1. The molecular formula is C36H38O10S. The van der Waals surface area contributed by atoms with Gasteiger partial charge in [-0.25, -0.2) is 4.79 Å². The van der Waals surface area contributed by atoms with Gasteiger partial charge in [-0.3, -0.25) is 9.59 Å². The highest BCUT2D eigenvalue weighted by Crippen LogP contribution is 2.36. The van der Waals surface area contributed by atoms with Crippen molar-refractivity contribution in [3.63, 3.8) is 0 Å². The largest absolute Gasteiger partial charge is 0.513 e. The number of allylic oxidation sites excluding steroid dienone is 3. The summed E-state index contributed by atoms with van der Waals surface area (Å²) < 4.78 is 21.6. The number of ether oxygens (including phenoxy) is 2. The lowest BCUT2D eigenvalue weighted by atomic mass is 10.0. The van der Waals surface area contributed by atoms with Crippen LogP contribution in [0.25, 0.3) is 11.0 Å². The molecule has 2 atom stereocenters. The third-order valence-corrected chi connectivity index (χ3v) is 8.40. The zero-order chi connectivity index (χ0) is 33.9. The number of Topliss-reactive ketones (excluding diaryl/α,β-unsaturated/α-hetero) is 1. The van der Waals surface area contributed by atoms with Crippen molar-refractivity contribution in [3.05, 3.63) is 106 Å². The number of aryl methyl sites for hydroxylation is 1. The minimum Gasteiger partial charge on any atom is -0.507 e. The first kappa shape index (κ1) is 35.1. The Hall–Kier alpha value is -4.74. The van der Waals surface area contributed by atoms with Crippen molar-refractivity contribution in [3.8, 4) is 17.4 Å². The maximum atomic E-state index is 12.4. The van der Waals surface area contributed by atoms with Crippen LogP contribution in [0.1, 0.15) is 73.1 Å². The van der Waals surface area contributed by atoms with Gasteiger partial charge in [0.05, 0.1) is 28.9 Å². The smallest absolute Gasteiger partial charge is 0.507 e. The number of hydrogen-bond donors (Lipinski definition) is 3. The van der Waals surface area contributed by atoms with Gasteiger partial charge in [-0.15, -0.1) is 11.8 Å². The van der Waals surface area contributed by atoms with E-state index in [2.05, 4.69) is 4.74 Å². The minimum atomic E-state index is -1.60. The molecular weight excluding hydrogens is 624 g/mol. The molecule has 0 radical (unpaired) electrons. The summed E-state index contributed by atoms with van der Waals surface area (Å²) in [4.78, 5) is 35.8. The number of carboxylic acid groups (broad SMARTS) is 1. The number of fused-ring (bicyclic) bond motifs is 1. The van der Waals surface area contributed by atoms with E-state index < -0.39 is 28.9 Å². The number of unbranched alkanes of at least 4 members (excludes halogenated alkanes) is 2. The number of ketones is 1. The normalized spacial score (nSPS) is 12.9.